The van der Waals surface area contributed by atoms with Crippen molar-refractivity contribution in [3.05, 3.63) is 136 Å². The molecule has 0 bridgehead atoms. The Balaban J connectivity index is 1.17. The summed E-state index contributed by atoms with van der Waals surface area (Å²) in [5.41, 5.74) is 23.9. The molecule has 0 saturated heterocycles. The van der Waals surface area contributed by atoms with Gasteiger partial charge < -0.3 is 14.6 Å². The second-order valence-electron chi connectivity index (χ2n) is 24.7. The van der Waals surface area contributed by atoms with Gasteiger partial charge in [-0.3, -0.25) is 0 Å². The highest BCUT2D eigenvalue weighted by Crippen LogP contribution is 2.53. The lowest BCUT2D eigenvalue weighted by Crippen LogP contribution is -2.44. The van der Waals surface area contributed by atoms with Crippen LogP contribution >= 0.6 is 0 Å². The van der Waals surface area contributed by atoms with Crippen LogP contribution in [0, 0.1) is 6.92 Å². The molecule has 0 radical (unpaired) electrons. The fraction of sp³-hybridized carbons (Fsp3) is 0.410. The third-order valence-electron chi connectivity index (χ3n) is 17.3. The average Bonchev–Trinajstić information content (AvgIpc) is 3.64. The Hall–Kier alpha value is -5.22. The standard InChI is InChI=1S/C61H69BN2O/c1-36-30-42(40-20-21-41-39-16-14-15-17-52(39)65-55(41)54(40)63-37-18-22-43-45(32-37)58(6,7)26-24-56(43,2)3)53-51(31-36)64(38-19-23-44-46(33-38)59(8,9)27-25-57(44,4)5)50-35-48-47(34-49(50)62-53)60(10,11)28-29-61(48,12)13/h14-23,30-35,62-63H,24-29H2,1-13H3. The van der Waals surface area contributed by atoms with Gasteiger partial charge in [0, 0.05) is 39.1 Å². The van der Waals surface area contributed by atoms with Gasteiger partial charge in [0.25, 0.3) is 0 Å². The predicted octanol–water partition coefficient (Wildman–Crippen LogP) is 15.5. The van der Waals surface area contributed by atoms with Gasteiger partial charge in [-0.2, -0.15) is 0 Å². The number of rotatable bonds is 4. The first kappa shape index (κ1) is 42.4. The Morgan fingerprint density at radius 1 is 0.492 bits per heavy atom. The minimum atomic E-state index is 0.0894. The highest BCUT2D eigenvalue weighted by atomic mass is 16.3. The van der Waals surface area contributed by atoms with Gasteiger partial charge in [0.15, 0.2) is 12.9 Å². The Kier molecular flexibility index (Phi) is 9.08. The number of aryl methyl sites for hydroxylation is 1. The molecule has 0 atom stereocenters. The molecule has 0 fully saturated rings. The number of nitrogens with zero attached hydrogens (tertiary/aromatic N) is 1. The normalized spacial score (nSPS) is 20.2. The minimum Gasteiger partial charge on any atom is -0.454 e. The van der Waals surface area contributed by atoms with Crippen LogP contribution in [0.2, 0.25) is 0 Å². The molecule has 4 aliphatic rings. The summed E-state index contributed by atoms with van der Waals surface area (Å²) in [6, 6.07) is 37.9. The zero-order valence-corrected chi connectivity index (χ0v) is 41.5. The van der Waals surface area contributed by atoms with E-state index in [4.69, 9.17) is 4.42 Å². The molecule has 7 aromatic rings. The van der Waals surface area contributed by atoms with E-state index in [1.165, 1.54) is 117 Å². The second-order valence-corrected chi connectivity index (χ2v) is 24.7. The number of nitrogens with one attached hydrogen (secondary N) is 1. The molecule has 2 heterocycles. The quantitative estimate of drug-likeness (QED) is 0.179. The number of hydrogen-bond acceptors (Lipinski definition) is 3. The summed E-state index contributed by atoms with van der Waals surface area (Å²) in [6.07, 6.45) is 7.13. The minimum absolute atomic E-state index is 0.0894. The lowest BCUT2D eigenvalue weighted by Gasteiger charge is -2.45. The van der Waals surface area contributed by atoms with E-state index in [1.54, 1.807) is 0 Å². The van der Waals surface area contributed by atoms with Crippen molar-refractivity contribution in [3.63, 3.8) is 0 Å². The maximum atomic E-state index is 6.95. The first-order valence-electron chi connectivity index (χ1n) is 24.7. The number of para-hydroxylation sites is 1. The second kappa shape index (κ2) is 13.9. The number of hydrogen-bond donors (Lipinski definition) is 1. The van der Waals surface area contributed by atoms with Crippen molar-refractivity contribution in [2.45, 2.75) is 161 Å². The van der Waals surface area contributed by atoms with E-state index in [1.807, 2.05) is 0 Å². The van der Waals surface area contributed by atoms with Crippen molar-refractivity contribution in [3.8, 4) is 11.1 Å². The third kappa shape index (κ3) is 6.58. The molecule has 65 heavy (non-hydrogen) atoms. The topological polar surface area (TPSA) is 28.4 Å². The molecular formula is C61H69BN2O. The van der Waals surface area contributed by atoms with Crippen LogP contribution < -0.4 is 21.1 Å². The summed E-state index contributed by atoms with van der Waals surface area (Å²) in [4.78, 5) is 2.65. The molecule has 1 aliphatic heterocycles. The van der Waals surface area contributed by atoms with Crippen LogP contribution in [0.1, 0.15) is 161 Å². The van der Waals surface area contributed by atoms with Gasteiger partial charge >= 0.3 is 0 Å². The summed E-state index contributed by atoms with van der Waals surface area (Å²) < 4.78 is 6.95. The number of fused-ring (bicyclic) bond motifs is 8. The molecule has 3 nitrogen and oxygen atoms in total. The van der Waals surface area contributed by atoms with Crippen LogP contribution in [0.4, 0.5) is 28.4 Å². The Bertz CT molecular complexity index is 3130. The molecule has 332 valence electrons. The van der Waals surface area contributed by atoms with Gasteiger partial charge in [-0.25, -0.2) is 0 Å². The zero-order chi connectivity index (χ0) is 45.8. The lowest BCUT2D eigenvalue weighted by atomic mass is 9.55. The van der Waals surface area contributed by atoms with E-state index in [9.17, 15) is 0 Å². The summed E-state index contributed by atoms with van der Waals surface area (Å²) in [5.74, 6) is 0. The van der Waals surface area contributed by atoms with Gasteiger partial charge in [-0.15, -0.1) is 0 Å². The predicted molar refractivity (Wildman–Crippen MR) is 281 cm³/mol. The highest BCUT2D eigenvalue weighted by Gasteiger charge is 2.42. The monoisotopic (exact) mass is 857 g/mol. The van der Waals surface area contributed by atoms with Gasteiger partial charge in [0.05, 0.1) is 5.69 Å². The van der Waals surface area contributed by atoms with Gasteiger partial charge in [-0.05, 0) is 176 Å². The molecular weight excluding hydrogens is 787 g/mol. The number of furan rings is 1. The van der Waals surface area contributed by atoms with Crippen LogP contribution in [0.25, 0.3) is 33.1 Å². The Morgan fingerprint density at radius 3 is 1.69 bits per heavy atom. The van der Waals surface area contributed by atoms with E-state index in [0.29, 0.717) is 0 Å². The molecule has 0 spiro atoms. The first-order valence-corrected chi connectivity index (χ1v) is 24.7. The van der Waals surface area contributed by atoms with Crippen molar-refractivity contribution in [1.82, 2.24) is 0 Å². The van der Waals surface area contributed by atoms with Gasteiger partial charge in [0.1, 0.15) is 5.58 Å². The van der Waals surface area contributed by atoms with Gasteiger partial charge in [-0.1, -0.05) is 137 Å². The molecule has 6 aromatic carbocycles. The Labute approximate surface area is 389 Å². The molecule has 0 saturated carbocycles. The first-order chi connectivity index (χ1) is 30.5. The number of anilines is 5. The smallest absolute Gasteiger partial charge is 0.198 e. The maximum Gasteiger partial charge on any atom is 0.198 e. The third-order valence-corrected chi connectivity index (χ3v) is 17.3. The molecule has 11 rings (SSSR count). The van der Waals surface area contributed by atoms with Crippen molar-refractivity contribution >= 4 is 68.6 Å². The average molecular weight is 857 g/mol. The fourth-order valence-electron chi connectivity index (χ4n) is 12.7. The van der Waals surface area contributed by atoms with Gasteiger partial charge in [0.2, 0.25) is 0 Å². The van der Waals surface area contributed by atoms with Crippen molar-refractivity contribution in [2.24, 2.45) is 0 Å². The summed E-state index contributed by atoms with van der Waals surface area (Å²) in [6.45, 7) is 31.6. The van der Waals surface area contributed by atoms with Crippen molar-refractivity contribution in [1.29, 1.82) is 0 Å². The van der Waals surface area contributed by atoms with Crippen LogP contribution in [-0.4, -0.2) is 7.28 Å². The van der Waals surface area contributed by atoms with Crippen LogP contribution in [0.5, 0.6) is 0 Å². The summed E-state index contributed by atoms with van der Waals surface area (Å²) in [7, 11) is 0.851. The summed E-state index contributed by atoms with van der Waals surface area (Å²) >= 11 is 0. The van der Waals surface area contributed by atoms with E-state index in [-0.39, 0.29) is 32.5 Å². The van der Waals surface area contributed by atoms with E-state index < -0.39 is 0 Å². The van der Waals surface area contributed by atoms with E-state index in [2.05, 4.69) is 197 Å². The van der Waals surface area contributed by atoms with Crippen LogP contribution in [-0.2, 0) is 32.5 Å². The zero-order valence-electron chi connectivity index (χ0n) is 41.5. The van der Waals surface area contributed by atoms with Crippen molar-refractivity contribution < 1.29 is 4.42 Å². The number of benzene rings is 6. The maximum absolute atomic E-state index is 6.95. The molecule has 0 unspecified atom stereocenters. The molecule has 1 N–H and O–H groups in total. The summed E-state index contributed by atoms with van der Waals surface area (Å²) in [5, 5.41) is 6.36. The fourth-order valence-corrected chi connectivity index (χ4v) is 12.7. The lowest BCUT2D eigenvalue weighted by molar-refractivity contribution is 0.332. The highest BCUT2D eigenvalue weighted by molar-refractivity contribution is 6.73. The van der Waals surface area contributed by atoms with E-state index >= 15 is 0 Å². The molecule has 0 amide bonds. The largest absolute Gasteiger partial charge is 0.454 e. The molecule has 1 aromatic heterocycles. The van der Waals surface area contributed by atoms with Crippen molar-refractivity contribution in [2.75, 3.05) is 10.2 Å². The van der Waals surface area contributed by atoms with Crippen LogP contribution in [0.3, 0.4) is 0 Å². The molecule has 4 heteroatoms. The SMILES string of the molecule is Cc1cc(-c2ccc3c(oc4ccccc43)c2Nc2ccc3c(c2)C(C)(C)CCC3(C)C)c2c(c1)N(c1ccc3c(c1)C(C)(C)CCC3(C)C)c1cc3c(cc1B2)C(C)(C)CCC3(C)C. The molecule has 3 aliphatic carbocycles. The van der Waals surface area contributed by atoms with Crippen LogP contribution in [0.15, 0.2) is 101 Å². The Morgan fingerprint density at radius 2 is 1.05 bits per heavy atom. The van der Waals surface area contributed by atoms with E-state index in [0.717, 1.165) is 40.6 Å².